The fraction of sp³-hybridized carbons (Fsp3) is 0.240. The minimum Gasteiger partial charge on any atom is -0.479 e. The summed E-state index contributed by atoms with van der Waals surface area (Å²) in [5.74, 6) is -1.73. The van der Waals surface area contributed by atoms with E-state index < -0.39 is 36.3 Å². The van der Waals surface area contributed by atoms with Crippen molar-refractivity contribution in [2.45, 2.75) is 38.8 Å². The number of carboxylic acids is 1. The van der Waals surface area contributed by atoms with E-state index in [1.165, 1.54) is 43.3 Å². The number of nitrogens with zero attached hydrogens (tertiary/aromatic N) is 1. The summed E-state index contributed by atoms with van der Waals surface area (Å²) in [6, 6.07) is 16.8. The van der Waals surface area contributed by atoms with Crippen LogP contribution in [-0.2, 0) is 17.9 Å². The maximum absolute atomic E-state index is 12.6. The van der Waals surface area contributed by atoms with Crippen molar-refractivity contribution < 1.29 is 50.5 Å². The average Bonchev–Trinajstić information content (AvgIpc) is 2.77. The van der Waals surface area contributed by atoms with Crippen LogP contribution in [-0.4, -0.2) is 29.9 Å². The molecule has 1 atom stereocenters. The van der Waals surface area contributed by atoms with Crippen LogP contribution in [0.2, 0.25) is 0 Å². The zero-order valence-corrected chi connectivity index (χ0v) is 19.2. The molecule has 0 saturated heterocycles. The van der Waals surface area contributed by atoms with E-state index in [4.69, 9.17) is 9.84 Å². The summed E-state index contributed by atoms with van der Waals surface area (Å²) in [4.78, 5) is 12.7. The Balaban J connectivity index is 1.88. The quantitative estimate of drug-likeness (QED) is 0.301. The van der Waals surface area contributed by atoms with Gasteiger partial charge in [-0.2, -0.15) is 0 Å². The molecule has 0 heterocycles. The maximum atomic E-state index is 12.6. The third kappa shape index (κ3) is 9.13. The Morgan fingerprint density at radius 2 is 1.24 bits per heavy atom. The number of benzene rings is 3. The highest BCUT2D eigenvalue weighted by Gasteiger charge is 2.32. The molecule has 198 valence electrons. The lowest BCUT2D eigenvalue weighted by Gasteiger charge is -2.26. The molecule has 0 radical (unpaired) electrons. The molecule has 12 heteroatoms. The van der Waals surface area contributed by atoms with E-state index in [1.807, 2.05) is 0 Å². The number of hydrogen-bond donors (Lipinski definition) is 1. The van der Waals surface area contributed by atoms with Crippen LogP contribution in [0.1, 0.15) is 18.1 Å². The predicted octanol–water partition coefficient (Wildman–Crippen LogP) is 6.54. The van der Waals surface area contributed by atoms with Crippen molar-refractivity contribution in [1.29, 1.82) is 0 Å². The summed E-state index contributed by atoms with van der Waals surface area (Å²) < 4.78 is 89.1. The molecule has 3 aromatic carbocycles. The molecule has 3 aromatic rings. The molecule has 0 fully saturated rings. The van der Waals surface area contributed by atoms with Gasteiger partial charge in [-0.25, -0.2) is 4.79 Å². The Labute approximate surface area is 207 Å². The monoisotopic (exact) mass is 529 g/mol. The number of halogens is 6. The standard InChI is InChI=1S/C25H21F6NO5/c1-16(23(33)34)35-20-10-8-19(9-11-20)32(14-17-4-2-6-21(12-17)36-24(26,27)28)15-18-5-3-7-22(13-18)37-25(29,30)31/h2-13,16H,14-15H2,1H3,(H,33,34). The highest BCUT2D eigenvalue weighted by atomic mass is 19.4. The molecule has 0 aromatic heterocycles. The molecule has 37 heavy (non-hydrogen) atoms. The molecular formula is C25H21F6NO5. The van der Waals surface area contributed by atoms with Gasteiger partial charge in [-0.05, 0) is 66.6 Å². The Morgan fingerprint density at radius 1 is 0.784 bits per heavy atom. The van der Waals surface area contributed by atoms with E-state index in [2.05, 4.69) is 9.47 Å². The van der Waals surface area contributed by atoms with Crippen molar-refractivity contribution in [2.75, 3.05) is 4.90 Å². The van der Waals surface area contributed by atoms with Crippen LogP contribution in [0.4, 0.5) is 32.0 Å². The van der Waals surface area contributed by atoms with Gasteiger partial charge in [-0.3, -0.25) is 0 Å². The lowest BCUT2D eigenvalue weighted by Crippen LogP contribution is -2.24. The molecule has 0 bridgehead atoms. The largest absolute Gasteiger partial charge is 0.573 e. The lowest BCUT2D eigenvalue weighted by atomic mass is 10.1. The van der Waals surface area contributed by atoms with Gasteiger partial charge < -0.3 is 24.2 Å². The van der Waals surface area contributed by atoms with E-state index in [1.54, 1.807) is 29.2 Å². The third-order valence-electron chi connectivity index (χ3n) is 4.87. The molecule has 0 spiro atoms. The molecule has 3 rings (SSSR count). The minimum absolute atomic E-state index is 0.0607. The van der Waals surface area contributed by atoms with Crippen molar-refractivity contribution in [1.82, 2.24) is 0 Å². The van der Waals surface area contributed by atoms with Crippen LogP contribution in [0.15, 0.2) is 72.8 Å². The van der Waals surface area contributed by atoms with Crippen LogP contribution >= 0.6 is 0 Å². The van der Waals surface area contributed by atoms with Crippen molar-refractivity contribution in [3.63, 3.8) is 0 Å². The average molecular weight is 529 g/mol. The first-order valence-electron chi connectivity index (χ1n) is 10.7. The first-order valence-corrected chi connectivity index (χ1v) is 10.7. The highest BCUT2D eigenvalue weighted by Crippen LogP contribution is 2.29. The second-order valence-electron chi connectivity index (χ2n) is 7.84. The zero-order valence-electron chi connectivity index (χ0n) is 19.2. The number of rotatable bonds is 10. The number of hydrogen-bond acceptors (Lipinski definition) is 5. The summed E-state index contributed by atoms with van der Waals surface area (Å²) in [5, 5.41) is 9.01. The van der Waals surface area contributed by atoms with Gasteiger partial charge >= 0.3 is 18.7 Å². The molecule has 1 N–H and O–H groups in total. The molecule has 0 saturated carbocycles. The molecule has 1 unspecified atom stereocenters. The Morgan fingerprint density at radius 3 is 1.65 bits per heavy atom. The van der Waals surface area contributed by atoms with Crippen LogP contribution in [0.5, 0.6) is 17.2 Å². The minimum atomic E-state index is -4.87. The third-order valence-corrected chi connectivity index (χ3v) is 4.87. The predicted molar refractivity (Wildman–Crippen MR) is 120 cm³/mol. The fourth-order valence-corrected chi connectivity index (χ4v) is 3.35. The Bertz CT molecular complexity index is 1140. The molecule has 0 amide bonds. The first-order chi connectivity index (χ1) is 17.3. The van der Waals surface area contributed by atoms with Gasteiger partial charge in [0.2, 0.25) is 0 Å². The number of aliphatic carboxylic acids is 1. The van der Waals surface area contributed by atoms with Crippen LogP contribution in [0.3, 0.4) is 0 Å². The molecule has 0 aliphatic carbocycles. The summed E-state index contributed by atoms with van der Waals surface area (Å²) in [5.41, 5.74) is 1.41. The van der Waals surface area contributed by atoms with E-state index in [0.717, 1.165) is 12.1 Å². The number of anilines is 1. The molecule has 6 nitrogen and oxygen atoms in total. The number of alkyl halides is 6. The summed E-state index contributed by atoms with van der Waals surface area (Å²) in [6.45, 7) is 1.48. The van der Waals surface area contributed by atoms with Crippen LogP contribution in [0.25, 0.3) is 0 Å². The van der Waals surface area contributed by atoms with Crippen molar-refractivity contribution in [3.05, 3.63) is 83.9 Å². The van der Waals surface area contributed by atoms with Gasteiger partial charge in [0.05, 0.1) is 0 Å². The number of ether oxygens (including phenoxy) is 3. The smallest absolute Gasteiger partial charge is 0.479 e. The number of carboxylic acid groups (broad SMARTS) is 1. The second-order valence-corrected chi connectivity index (χ2v) is 7.84. The van der Waals surface area contributed by atoms with Gasteiger partial charge in [-0.1, -0.05) is 24.3 Å². The topological polar surface area (TPSA) is 68.2 Å². The summed E-state index contributed by atoms with van der Waals surface area (Å²) in [7, 11) is 0. The Hall–Kier alpha value is -4.09. The van der Waals surface area contributed by atoms with E-state index in [0.29, 0.717) is 16.8 Å². The summed E-state index contributed by atoms with van der Waals surface area (Å²) >= 11 is 0. The van der Waals surface area contributed by atoms with Crippen LogP contribution < -0.4 is 19.1 Å². The van der Waals surface area contributed by atoms with Crippen molar-refractivity contribution in [3.8, 4) is 17.2 Å². The molecule has 0 aliphatic rings. The second kappa shape index (κ2) is 11.3. The number of carbonyl (C=O) groups is 1. The SMILES string of the molecule is CC(Oc1ccc(N(Cc2cccc(OC(F)(F)F)c2)Cc2cccc(OC(F)(F)F)c2)cc1)C(=O)O. The first kappa shape index (κ1) is 27.5. The lowest BCUT2D eigenvalue weighted by molar-refractivity contribution is -0.275. The summed E-state index contributed by atoms with van der Waals surface area (Å²) in [6.07, 6.45) is -10.9. The van der Waals surface area contributed by atoms with Gasteiger partial charge in [0.1, 0.15) is 17.2 Å². The normalized spacial score (nSPS) is 12.5. The van der Waals surface area contributed by atoms with E-state index >= 15 is 0 Å². The van der Waals surface area contributed by atoms with Crippen molar-refractivity contribution >= 4 is 11.7 Å². The van der Waals surface area contributed by atoms with Crippen LogP contribution in [0, 0.1) is 0 Å². The highest BCUT2D eigenvalue weighted by molar-refractivity contribution is 5.72. The van der Waals surface area contributed by atoms with Crippen molar-refractivity contribution in [2.24, 2.45) is 0 Å². The van der Waals surface area contributed by atoms with Gasteiger partial charge in [0, 0.05) is 18.8 Å². The van der Waals surface area contributed by atoms with Gasteiger partial charge in [-0.15, -0.1) is 26.3 Å². The van der Waals surface area contributed by atoms with Gasteiger partial charge in [0.25, 0.3) is 0 Å². The van der Waals surface area contributed by atoms with E-state index in [-0.39, 0.29) is 18.8 Å². The maximum Gasteiger partial charge on any atom is 0.573 e. The van der Waals surface area contributed by atoms with E-state index in [9.17, 15) is 31.1 Å². The van der Waals surface area contributed by atoms with Gasteiger partial charge in [0.15, 0.2) is 6.10 Å². The zero-order chi connectivity index (χ0) is 27.2. The molecular weight excluding hydrogens is 508 g/mol. The Kier molecular flexibility index (Phi) is 8.41. The molecule has 0 aliphatic heterocycles. The fourth-order valence-electron chi connectivity index (χ4n) is 3.35.